The Morgan fingerprint density at radius 1 is 1.24 bits per heavy atom. The number of carbonyl (C=O) groups is 2. The van der Waals surface area contributed by atoms with Gasteiger partial charge < -0.3 is 14.6 Å². The van der Waals surface area contributed by atoms with E-state index in [0.29, 0.717) is 17.7 Å². The first-order valence-electron chi connectivity index (χ1n) is 8.78. The number of halogens is 2. The molecule has 0 radical (unpaired) electrons. The minimum atomic E-state index is -0.727. The standard InChI is InChI=1S/C20H21BrINO5S/c1-12(8-9-27-18(25)11-29)19(16-10-14(22)4-7-17(16)24)28-20(26)23-15-5-2-13(21)3-6-15/h2-7,10,12,19,24,29H,8-9,11H2,1H3,(H,23,26)/t12-,19+/m0/s1. The summed E-state index contributed by atoms with van der Waals surface area (Å²) in [6, 6.07) is 12.2. The van der Waals surface area contributed by atoms with E-state index < -0.39 is 18.2 Å². The number of thiol groups is 1. The molecule has 9 heteroatoms. The first-order valence-corrected chi connectivity index (χ1v) is 11.3. The second kappa shape index (κ2) is 11.7. The molecule has 1 amide bonds. The molecule has 0 aliphatic heterocycles. The van der Waals surface area contributed by atoms with Gasteiger partial charge in [0.15, 0.2) is 0 Å². The third-order valence-corrected chi connectivity index (χ3v) is 5.56. The van der Waals surface area contributed by atoms with E-state index in [0.717, 1.165) is 8.04 Å². The number of rotatable bonds is 8. The lowest BCUT2D eigenvalue weighted by atomic mass is 9.94. The van der Waals surface area contributed by atoms with Gasteiger partial charge >= 0.3 is 12.1 Å². The first-order chi connectivity index (χ1) is 13.8. The Hall–Kier alpha value is -1.46. The van der Waals surface area contributed by atoms with Crippen molar-refractivity contribution >= 4 is 68.9 Å². The maximum atomic E-state index is 12.5. The zero-order chi connectivity index (χ0) is 21.4. The van der Waals surface area contributed by atoms with Crippen molar-refractivity contribution in [2.24, 2.45) is 5.92 Å². The van der Waals surface area contributed by atoms with Crippen LogP contribution in [0.1, 0.15) is 25.0 Å². The molecule has 2 N–H and O–H groups in total. The monoisotopic (exact) mass is 593 g/mol. The number of ether oxygens (including phenoxy) is 2. The molecular weight excluding hydrogens is 573 g/mol. The molecule has 156 valence electrons. The molecule has 2 rings (SSSR count). The second-order valence-corrected chi connectivity index (χ2v) is 8.78. The van der Waals surface area contributed by atoms with E-state index in [4.69, 9.17) is 9.47 Å². The molecule has 0 aromatic heterocycles. The average Bonchev–Trinajstić information content (AvgIpc) is 2.69. The summed E-state index contributed by atoms with van der Waals surface area (Å²) in [6.45, 7) is 2.03. The van der Waals surface area contributed by atoms with Gasteiger partial charge in [0.1, 0.15) is 11.9 Å². The normalized spacial score (nSPS) is 12.7. The molecule has 0 saturated heterocycles. The summed E-state index contributed by atoms with van der Waals surface area (Å²) in [5.41, 5.74) is 1.08. The van der Waals surface area contributed by atoms with Gasteiger partial charge in [-0.3, -0.25) is 10.1 Å². The van der Waals surface area contributed by atoms with E-state index in [2.05, 4.69) is 56.5 Å². The second-order valence-electron chi connectivity index (χ2n) is 6.31. The summed E-state index contributed by atoms with van der Waals surface area (Å²) in [5, 5.41) is 13.0. The van der Waals surface area contributed by atoms with Crippen LogP contribution in [0.3, 0.4) is 0 Å². The van der Waals surface area contributed by atoms with Gasteiger partial charge in [-0.05, 0) is 71.5 Å². The van der Waals surface area contributed by atoms with Crippen LogP contribution >= 0.6 is 51.1 Å². The fourth-order valence-electron chi connectivity index (χ4n) is 2.59. The zero-order valence-corrected chi connectivity index (χ0v) is 20.2. The van der Waals surface area contributed by atoms with Crippen molar-refractivity contribution in [2.45, 2.75) is 19.4 Å². The predicted octanol–water partition coefficient (Wildman–Crippen LogP) is 5.55. The first kappa shape index (κ1) is 23.8. The highest BCUT2D eigenvalue weighted by Gasteiger charge is 2.27. The number of phenolic OH excluding ortho intramolecular Hbond substituents is 1. The number of anilines is 1. The van der Waals surface area contributed by atoms with Crippen molar-refractivity contribution in [2.75, 3.05) is 17.7 Å². The van der Waals surface area contributed by atoms with Crippen LogP contribution in [0.25, 0.3) is 0 Å². The molecule has 2 aromatic carbocycles. The van der Waals surface area contributed by atoms with Crippen LogP contribution in [0.5, 0.6) is 5.75 Å². The minimum Gasteiger partial charge on any atom is -0.508 e. The van der Waals surface area contributed by atoms with Crippen LogP contribution < -0.4 is 5.32 Å². The van der Waals surface area contributed by atoms with Crippen molar-refractivity contribution in [3.63, 3.8) is 0 Å². The molecule has 6 nitrogen and oxygen atoms in total. The van der Waals surface area contributed by atoms with Crippen molar-refractivity contribution < 1.29 is 24.2 Å². The number of carbonyl (C=O) groups excluding carboxylic acids is 2. The van der Waals surface area contributed by atoms with Crippen molar-refractivity contribution in [3.8, 4) is 5.75 Å². The molecular formula is C20H21BrINO5S. The smallest absolute Gasteiger partial charge is 0.412 e. The minimum absolute atomic E-state index is 0.00156. The Kier molecular flexibility index (Phi) is 9.57. The number of nitrogens with one attached hydrogen (secondary N) is 1. The van der Waals surface area contributed by atoms with Crippen LogP contribution in [0.2, 0.25) is 0 Å². The van der Waals surface area contributed by atoms with Gasteiger partial charge in [0, 0.05) is 25.2 Å². The molecule has 0 bridgehead atoms. The third-order valence-electron chi connectivity index (χ3n) is 4.10. The Balaban J connectivity index is 2.14. The maximum Gasteiger partial charge on any atom is 0.412 e. The van der Waals surface area contributed by atoms with Gasteiger partial charge in [0.05, 0.1) is 12.4 Å². The Morgan fingerprint density at radius 3 is 2.59 bits per heavy atom. The number of amides is 1. The lowest BCUT2D eigenvalue weighted by molar-refractivity contribution is -0.141. The quantitative estimate of drug-likeness (QED) is 0.212. The van der Waals surface area contributed by atoms with Crippen molar-refractivity contribution in [3.05, 3.63) is 56.1 Å². The van der Waals surface area contributed by atoms with Gasteiger partial charge in [0.2, 0.25) is 0 Å². The number of aromatic hydroxyl groups is 1. The largest absolute Gasteiger partial charge is 0.508 e. The van der Waals surface area contributed by atoms with E-state index >= 15 is 0 Å². The Morgan fingerprint density at radius 2 is 1.93 bits per heavy atom. The fourth-order valence-corrected chi connectivity index (χ4v) is 3.46. The zero-order valence-electron chi connectivity index (χ0n) is 15.6. The molecule has 0 spiro atoms. The van der Waals surface area contributed by atoms with E-state index in [-0.39, 0.29) is 24.0 Å². The predicted molar refractivity (Wildman–Crippen MR) is 126 cm³/mol. The van der Waals surface area contributed by atoms with Gasteiger partial charge in [-0.25, -0.2) is 4.79 Å². The molecule has 29 heavy (non-hydrogen) atoms. The van der Waals surface area contributed by atoms with E-state index in [1.807, 2.05) is 6.92 Å². The highest BCUT2D eigenvalue weighted by Crippen LogP contribution is 2.35. The lowest BCUT2D eigenvalue weighted by Gasteiger charge is -2.25. The highest BCUT2D eigenvalue weighted by atomic mass is 127. The summed E-state index contributed by atoms with van der Waals surface area (Å²) in [7, 11) is 0. The van der Waals surface area contributed by atoms with E-state index in [9.17, 15) is 14.7 Å². The number of benzene rings is 2. The van der Waals surface area contributed by atoms with Crippen molar-refractivity contribution in [1.29, 1.82) is 0 Å². The van der Waals surface area contributed by atoms with Crippen molar-refractivity contribution in [1.82, 2.24) is 0 Å². The lowest BCUT2D eigenvalue weighted by Crippen LogP contribution is -2.23. The summed E-state index contributed by atoms with van der Waals surface area (Å²) in [5.74, 6) is -0.599. The molecule has 0 fully saturated rings. The van der Waals surface area contributed by atoms with Gasteiger partial charge in [-0.2, -0.15) is 12.6 Å². The fraction of sp³-hybridized carbons (Fsp3) is 0.300. The number of hydrogen-bond acceptors (Lipinski definition) is 6. The Bertz CT molecular complexity index is 849. The summed E-state index contributed by atoms with van der Waals surface area (Å²) < 4.78 is 12.5. The molecule has 2 atom stereocenters. The molecule has 0 unspecified atom stereocenters. The number of hydrogen-bond donors (Lipinski definition) is 3. The van der Waals surface area contributed by atoms with Gasteiger partial charge in [-0.1, -0.05) is 22.9 Å². The van der Waals surface area contributed by atoms with E-state index in [1.165, 1.54) is 0 Å². The van der Waals surface area contributed by atoms with Gasteiger partial charge in [0.25, 0.3) is 0 Å². The van der Waals surface area contributed by atoms with Crippen LogP contribution in [-0.4, -0.2) is 29.5 Å². The maximum absolute atomic E-state index is 12.5. The van der Waals surface area contributed by atoms with Crippen LogP contribution in [0.4, 0.5) is 10.5 Å². The number of esters is 1. The topological polar surface area (TPSA) is 84.9 Å². The van der Waals surface area contributed by atoms with Crippen LogP contribution in [0.15, 0.2) is 46.9 Å². The molecule has 0 heterocycles. The third kappa shape index (κ3) is 7.71. The average molecular weight is 594 g/mol. The van der Waals surface area contributed by atoms with Crippen LogP contribution in [0, 0.1) is 9.49 Å². The van der Waals surface area contributed by atoms with Gasteiger partial charge in [-0.15, -0.1) is 0 Å². The molecule has 0 aliphatic rings. The molecule has 2 aromatic rings. The summed E-state index contributed by atoms with van der Waals surface area (Å²) >= 11 is 9.34. The highest BCUT2D eigenvalue weighted by molar-refractivity contribution is 14.1. The summed E-state index contributed by atoms with van der Waals surface area (Å²) in [4.78, 5) is 23.8. The SMILES string of the molecule is C[C@@H](CCOC(=O)CS)[C@@H](OC(=O)Nc1ccc(Br)cc1)c1cc(I)ccc1O. The Labute approximate surface area is 197 Å². The number of phenols is 1. The molecule has 0 aliphatic carbocycles. The van der Waals surface area contributed by atoms with Crippen LogP contribution in [-0.2, 0) is 14.3 Å². The molecule has 0 saturated carbocycles. The summed E-state index contributed by atoms with van der Waals surface area (Å²) in [6.07, 6.45) is -0.926. The van der Waals surface area contributed by atoms with E-state index in [1.54, 1.807) is 42.5 Å².